The van der Waals surface area contributed by atoms with Crippen molar-refractivity contribution in [2.24, 2.45) is 0 Å². The summed E-state index contributed by atoms with van der Waals surface area (Å²) >= 11 is 1.63. The van der Waals surface area contributed by atoms with Gasteiger partial charge in [0.2, 0.25) is 5.89 Å². The quantitative estimate of drug-likeness (QED) is 0.880. The van der Waals surface area contributed by atoms with Gasteiger partial charge in [-0.15, -0.1) is 11.3 Å². The van der Waals surface area contributed by atoms with E-state index in [1.165, 1.54) is 0 Å². The van der Waals surface area contributed by atoms with Crippen molar-refractivity contribution in [1.82, 2.24) is 20.4 Å². The van der Waals surface area contributed by atoms with Gasteiger partial charge in [-0.25, -0.2) is 4.98 Å². The number of aromatic nitrogens is 3. The van der Waals surface area contributed by atoms with Crippen molar-refractivity contribution >= 4 is 11.3 Å². The standard InChI is InChI=1S/C10H14N4OS/c1-7-13-8(14-15-7)6-12-10(2,3)9-11-4-5-16-9/h4-5,12H,6H2,1-3H3. The molecule has 0 fully saturated rings. The lowest BCUT2D eigenvalue weighted by molar-refractivity contribution is 0.366. The van der Waals surface area contributed by atoms with Crippen LogP contribution >= 0.6 is 11.3 Å². The van der Waals surface area contributed by atoms with Crippen LogP contribution in [0.2, 0.25) is 0 Å². The molecule has 2 aromatic heterocycles. The van der Waals surface area contributed by atoms with Crippen LogP contribution in [0.1, 0.15) is 30.6 Å². The van der Waals surface area contributed by atoms with E-state index in [-0.39, 0.29) is 5.54 Å². The fourth-order valence-electron chi connectivity index (χ4n) is 1.32. The average molecular weight is 238 g/mol. The molecule has 2 aromatic rings. The highest BCUT2D eigenvalue weighted by atomic mass is 32.1. The molecule has 0 aliphatic carbocycles. The van der Waals surface area contributed by atoms with E-state index < -0.39 is 0 Å². The first kappa shape index (κ1) is 11.2. The Balaban J connectivity index is 2.00. The summed E-state index contributed by atoms with van der Waals surface area (Å²) in [6, 6.07) is 0. The molecule has 1 N–H and O–H groups in total. The molecule has 0 aliphatic rings. The number of rotatable bonds is 4. The minimum Gasteiger partial charge on any atom is -0.340 e. The maximum absolute atomic E-state index is 4.91. The summed E-state index contributed by atoms with van der Waals surface area (Å²) in [6.07, 6.45) is 1.81. The Morgan fingerprint density at radius 3 is 2.88 bits per heavy atom. The largest absolute Gasteiger partial charge is 0.340 e. The molecule has 0 spiro atoms. The topological polar surface area (TPSA) is 63.8 Å². The molecule has 86 valence electrons. The van der Waals surface area contributed by atoms with E-state index in [0.29, 0.717) is 18.3 Å². The molecule has 0 unspecified atom stereocenters. The fraction of sp³-hybridized carbons (Fsp3) is 0.500. The molecule has 0 atom stereocenters. The first-order valence-electron chi connectivity index (χ1n) is 5.02. The second-order valence-corrected chi connectivity index (χ2v) is 4.94. The number of nitrogens with zero attached hydrogens (tertiary/aromatic N) is 3. The third kappa shape index (κ3) is 2.45. The van der Waals surface area contributed by atoms with Crippen LogP contribution in [0.3, 0.4) is 0 Å². The van der Waals surface area contributed by atoms with Gasteiger partial charge in [0, 0.05) is 18.5 Å². The molecule has 0 saturated heterocycles. The molecule has 0 radical (unpaired) electrons. The molecule has 0 saturated carbocycles. The highest BCUT2D eigenvalue weighted by Gasteiger charge is 2.23. The predicted molar refractivity (Wildman–Crippen MR) is 61.0 cm³/mol. The van der Waals surface area contributed by atoms with Crippen LogP contribution in [-0.2, 0) is 12.1 Å². The van der Waals surface area contributed by atoms with Crippen LogP contribution < -0.4 is 5.32 Å². The molecule has 0 aliphatic heterocycles. The number of hydrogen-bond acceptors (Lipinski definition) is 6. The zero-order valence-electron chi connectivity index (χ0n) is 9.52. The van der Waals surface area contributed by atoms with E-state index in [0.717, 1.165) is 5.01 Å². The molecule has 2 heterocycles. The highest BCUT2D eigenvalue weighted by molar-refractivity contribution is 7.09. The summed E-state index contributed by atoms with van der Waals surface area (Å²) in [7, 11) is 0. The van der Waals surface area contributed by atoms with Crippen LogP contribution in [0.25, 0.3) is 0 Å². The average Bonchev–Trinajstić information content (AvgIpc) is 2.85. The zero-order chi connectivity index (χ0) is 11.6. The molecular weight excluding hydrogens is 224 g/mol. The van der Waals surface area contributed by atoms with Crippen molar-refractivity contribution in [2.75, 3.05) is 0 Å². The third-order valence-corrected chi connectivity index (χ3v) is 3.32. The maximum atomic E-state index is 4.91. The second kappa shape index (κ2) is 4.31. The maximum Gasteiger partial charge on any atom is 0.223 e. The van der Waals surface area contributed by atoms with Crippen molar-refractivity contribution < 1.29 is 4.52 Å². The van der Waals surface area contributed by atoms with Gasteiger partial charge in [-0.3, -0.25) is 5.32 Å². The Hall–Kier alpha value is -1.27. The Morgan fingerprint density at radius 1 is 1.50 bits per heavy atom. The summed E-state index contributed by atoms with van der Waals surface area (Å²) in [6.45, 7) is 6.52. The van der Waals surface area contributed by atoms with E-state index in [9.17, 15) is 0 Å². The van der Waals surface area contributed by atoms with Gasteiger partial charge in [0.25, 0.3) is 0 Å². The molecule has 0 aromatic carbocycles. The summed E-state index contributed by atoms with van der Waals surface area (Å²) in [5.41, 5.74) is -0.178. The number of thiazole rings is 1. The predicted octanol–water partition coefficient (Wildman–Crippen LogP) is 1.86. The van der Waals surface area contributed by atoms with Crippen molar-refractivity contribution in [3.63, 3.8) is 0 Å². The SMILES string of the molecule is Cc1nc(CNC(C)(C)c2nccs2)no1. The summed E-state index contributed by atoms with van der Waals surface area (Å²) in [5.74, 6) is 1.26. The first-order valence-corrected chi connectivity index (χ1v) is 5.90. The van der Waals surface area contributed by atoms with Gasteiger partial charge in [0.1, 0.15) is 5.01 Å². The van der Waals surface area contributed by atoms with Crippen LogP contribution in [-0.4, -0.2) is 15.1 Å². The number of aryl methyl sites for hydroxylation is 1. The molecule has 16 heavy (non-hydrogen) atoms. The number of hydrogen-bond donors (Lipinski definition) is 1. The molecule has 5 nitrogen and oxygen atoms in total. The van der Waals surface area contributed by atoms with Crippen molar-refractivity contribution in [1.29, 1.82) is 0 Å². The Labute approximate surface area is 97.9 Å². The monoisotopic (exact) mass is 238 g/mol. The van der Waals surface area contributed by atoms with E-state index in [4.69, 9.17) is 4.52 Å². The minimum atomic E-state index is -0.178. The summed E-state index contributed by atoms with van der Waals surface area (Å²) in [5, 5.41) is 10.2. The van der Waals surface area contributed by atoms with Gasteiger partial charge < -0.3 is 4.52 Å². The molecule has 2 rings (SSSR count). The fourth-order valence-corrected chi connectivity index (χ4v) is 2.06. The Morgan fingerprint density at radius 2 is 2.31 bits per heavy atom. The smallest absolute Gasteiger partial charge is 0.223 e. The number of nitrogens with one attached hydrogen (secondary N) is 1. The van der Waals surface area contributed by atoms with Crippen LogP contribution in [0.4, 0.5) is 0 Å². The van der Waals surface area contributed by atoms with Gasteiger partial charge in [-0.2, -0.15) is 4.98 Å². The van der Waals surface area contributed by atoms with Crippen LogP contribution in [0, 0.1) is 6.92 Å². The Kier molecular flexibility index (Phi) is 3.02. The third-order valence-electron chi connectivity index (χ3n) is 2.23. The van der Waals surface area contributed by atoms with Gasteiger partial charge in [-0.1, -0.05) is 5.16 Å². The highest BCUT2D eigenvalue weighted by Crippen LogP contribution is 2.22. The summed E-state index contributed by atoms with van der Waals surface area (Å²) in [4.78, 5) is 8.43. The molecule has 6 heteroatoms. The van der Waals surface area contributed by atoms with E-state index >= 15 is 0 Å². The van der Waals surface area contributed by atoms with E-state index in [2.05, 4.69) is 34.3 Å². The molecule has 0 bridgehead atoms. The van der Waals surface area contributed by atoms with E-state index in [1.54, 1.807) is 18.3 Å². The van der Waals surface area contributed by atoms with Crippen LogP contribution in [0.15, 0.2) is 16.1 Å². The van der Waals surface area contributed by atoms with Gasteiger partial charge in [0.05, 0.1) is 12.1 Å². The van der Waals surface area contributed by atoms with Gasteiger partial charge >= 0.3 is 0 Å². The summed E-state index contributed by atoms with van der Waals surface area (Å²) < 4.78 is 4.91. The first-order chi connectivity index (χ1) is 7.58. The van der Waals surface area contributed by atoms with Crippen molar-refractivity contribution in [3.8, 4) is 0 Å². The lowest BCUT2D eigenvalue weighted by atomic mass is 10.1. The normalized spacial score (nSPS) is 11.9. The lowest BCUT2D eigenvalue weighted by Crippen LogP contribution is -2.36. The molecule has 0 amide bonds. The van der Waals surface area contributed by atoms with Crippen molar-refractivity contribution in [3.05, 3.63) is 28.3 Å². The minimum absolute atomic E-state index is 0.178. The Bertz CT molecular complexity index is 449. The lowest BCUT2D eigenvalue weighted by Gasteiger charge is -2.22. The van der Waals surface area contributed by atoms with Gasteiger partial charge in [-0.05, 0) is 13.8 Å². The van der Waals surface area contributed by atoms with Crippen LogP contribution in [0.5, 0.6) is 0 Å². The van der Waals surface area contributed by atoms with Gasteiger partial charge in [0.15, 0.2) is 5.82 Å². The zero-order valence-corrected chi connectivity index (χ0v) is 10.3. The van der Waals surface area contributed by atoms with E-state index in [1.807, 2.05) is 11.6 Å². The second-order valence-electron chi connectivity index (χ2n) is 4.05. The molecular formula is C10H14N4OS. The van der Waals surface area contributed by atoms with Crippen molar-refractivity contribution in [2.45, 2.75) is 32.9 Å².